The van der Waals surface area contributed by atoms with Crippen LogP contribution in [0.15, 0.2) is 36.4 Å². The fourth-order valence-electron chi connectivity index (χ4n) is 4.08. The smallest absolute Gasteiger partial charge is 0.236 e. The quantitative estimate of drug-likeness (QED) is 0.330. The van der Waals surface area contributed by atoms with E-state index in [2.05, 4.69) is 29.9 Å². The second-order valence-electron chi connectivity index (χ2n) is 7.65. The maximum Gasteiger partial charge on any atom is 0.236 e. The molecule has 178 valence electrons. The van der Waals surface area contributed by atoms with Crippen LogP contribution in [-0.2, 0) is 0 Å². The number of rotatable bonds is 4. The topological polar surface area (TPSA) is 191 Å². The highest BCUT2D eigenvalue weighted by molar-refractivity contribution is 6.12. The lowest BCUT2D eigenvalue weighted by molar-refractivity contribution is 0.417. The standard InChI is InChI=1S/C26H12N10O2/c1-37-23-15-5-3-14(26-35-21(11-29)32-22(12-30)36-26)8-18(15)24(38-2)16-6-4-13(7-17(16)23)25-33-19(9-27)31-20(10-28)34-25/h3-8H,1-2H3. The Bertz CT molecular complexity index is 1750. The van der Waals surface area contributed by atoms with Crippen molar-refractivity contribution in [2.24, 2.45) is 0 Å². The van der Waals surface area contributed by atoms with E-state index in [4.69, 9.17) is 9.47 Å². The highest BCUT2D eigenvalue weighted by Gasteiger charge is 2.19. The van der Waals surface area contributed by atoms with E-state index < -0.39 is 0 Å². The number of fused-ring (bicyclic) bond motifs is 2. The normalized spacial score (nSPS) is 10.3. The fourth-order valence-corrected chi connectivity index (χ4v) is 4.08. The Morgan fingerprint density at radius 2 is 0.842 bits per heavy atom. The summed E-state index contributed by atoms with van der Waals surface area (Å²) in [6.07, 6.45) is 0. The number of aromatic nitrogens is 6. The highest BCUT2D eigenvalue weighted by atomic mass is 16.5. The number of hydrogen-bond donors (Lipinski definition) is 0. The van der Waals surface area contributed by atoms with Crippen molar-refractivity contribution in [1.29, 1.82) is 21.0 Å². The Morgan fingerprint density at radius 1 is 0.500 bits per heavy atom. The number of ether oxygens (including phenoxy) is 2. The third-order valence-corrected chi connectivity index (χ3v) is 5.61. The van der Waals surface area contributed by atoms with Gasteiger partial charge in [0.25, 0.3) is 0 Å². The molecule has 2 aromatic heterocycles. The van der Waals surface area contributed by atoms with E-state index in [-0.39, 0.29) is 34.9 Å². The first kappa shape index (κ1) is 23.5. The van der Waals surface area contributed by atoms with Crippen LogP contribution in [0.4, 0.5) is 0 Å². The summed E-state index contributed by atoms with van der Waals surface area (Å²) in [6, 6.07) is 18.0. The van der Waals surface area contributed by atoms with Crippen LogP contribution in [0.1, 0.15) is 23.3 Å². The van der Waals surface area contributed by atoms with Gasteiger partial charge in [-0.15, -0.1) is 0 Å². The van der Waals surface area contributed by atoms with Crippen LogP contribution in [0.5, 0.6) is 11.5 Å². The van der Waals surface area contributed by atoms with Crippen molar-refractivity contribution < 1.29 is 9.47 Å². The molecule has 0 N–H and O–H groups in total. The molecule has 0 aliphatic rings. The van der Waals surface area contributed by atoms with Gasteiger partial charge in [0.05, 0.1) is 14.2 Å². The monoisotopic (exact) mass is 496 g/mol. The number of methoxy groups -OCH3 is 2. The zero-order valence-electron chi connectivity index (χ0n) is 19.8. The third kappa shape index (κ3) is 3.87. The van der Waals surface area contributed by atoms with Crippen LogP contribution in [0.2, 0.25) is 0 Å². The maximum absolute atomic E-state index is 9.24. The van der Waals surface area contributed by atoms with Gasteiger partial charge in [-0.25, -0.2) is 0 Å². The molecule has 2 heterocycles. The Balaban J connectivity index is 1.77. The molecule has 0 spiro atoms. The molecular formula is C26H12N10O2. The molecule has 12 heteroatoms. The minimum absolute atomic E-state index is 0.167. The molecule has 5 rings (SSSR count). The largest absolute Gasteiger partial charge is 0.495 e. The van der Waals surface area contributed by atoms with E-state index in [0.717, 1.165) is 0 Å². The van der Waals surface area contributed by atoms with E-state index >= 15 is 0 Å². The predicted octanol–water partition coefficient (Wildman–Crippen LogP) is 3.20. The summed E-state index contributed by atoms with van der Waals surface area (Å²) >= 11 is 0. The molecule has 12 nitrogen and oxygen atoms in total. The van der Waals surface area contributed by atoms with Crippen molar-refractivity contribution in [2.75, 3.05) is 14.2 Å². The summed E-state index contributed by atoms with van der Waals surface area (Å²) in [4.78, 5) is 24.1. The Hall–Kier alpha value is -6.24. The average molecular weight is 496 g/mol. The van der Waals surface area contributed by atoms with Gasteiger partial charge in [0.2, 0.25) is 23.3 Å². The zero-order valence-corrected chi connectivity index (χ0v) is 19.8. The minimum Gasteiger partial charge on any atom is -0.495 e. The van der Waals surface area contributed by atoms with Gasteiger partial charge >= 0.3 is 0 Å². The van der Waals surface area contributed by atoms with Crippen molar-refractivity contribution in [3.63, 3.8) is 0 Å². The summed E-state index contributed by atoms with van der Waals surface area (Å²) in [6.45, 7) is 0. The molecule has 0 radical (unpaired) electrons. The molecule has 0 aliphatic carbocycles. The van der Waals surface area contributed by atoms with Crippen molar-refractivity contribution >= 4 is 21.5 Å². The lowest BCUT2D eigenvalue weighted by Crippen LogP contribution is -2.01. The summed E-state index contributed by atoms with van der Waals surface area (Å²) in [5, 5.41) is 39.7. The van der Waals surface area contributed by atoms with Gasteiger partial charge in [-0.05, 0) is 24.3 Å². The van der Waals surface area contributed by atoms with E-state index in [1.165, 1.54) is 14.2 Å². The van der Waals surface area contributed by atoms with E-state index in [1.807, 2.05) is 24.3 Å². The zero-order chi connectivity index (χ0) is 26.8. The second-order valence-corrected chi connectivity index (χ2v) is 7.65. The second kappa shape index (κ2) is 9.43. The fraction of sp³-hybridized carbons (Fsp3) is 0.0769. The van der Waals surface area contributed by atoms with Gasteiger partial charge in [0, 0.05) is 32.7 Å². The Labute approximate surface area is 214 Å². The summed E-state index contributed by atoms with van der Waals surface area (Å²) < 4.78 is 11.6. The van der Waals surface area contributed by atoms with Crippen molar-refractivity contribution in [2.45, 2.75) is 0 Å². The molecule has 0 atom stereocenters. The number of hydrogen-bond acceptors (Lipinski definition) is 12. The first-order valence-electron chi connectivity index (χ1n) is 10.8. The predicted molar refractivity (Wildman–Crippen MR) is 131 cm³/mol. The van der Waals surface area contributed by atoms with Gasteiger partial charge in [-0.2, -0.15) is 51.0 Å². The van der Waals surface area contributed by atoms with Crippen molar-refractivity contribution in [1.82, 2.24) is 29.9 Å². The molecule has 5 aromatic rings. The first-order chi connectivity index (χ1) is 18.5. The molecule has 0 fully saturated rings. The van der Waals surface area contributed by atoms with Gasteiger partial charge in [-0.1, -0.05) is 12.1 Å². The molecule has 0 saturated heterocycles. The molecule has 38 heavy (non-hydrogen) atoms. The van der Waals surface area contributed by atoms with Gasteiger partial charge in [-0.3, -0.25) is 0 Å². The van der Waals surface area contributed by atoms with Crippen LogP contribution in [-0.4, -0.2) is 44.1 Å². The number of nitriles is 4. The summed E-state index contributed by atoms with van der Waals surface area (Å²) in [7, 11) is 3.08. The lowest BCUT2D eigenvalue weighted by atomic mass is 9.97. The molecule has 0 aliphatic heterocycles. The highest BCUT2D eigenvalue weighted by Crippen LogP contribution is 2.44. The average Bonchev–Trinajstić information content (AvgIpc) is 2.98. The number of benzene rings is 3. The van der Waals surface area contributed by atoms with Crippen molar-refractivity contribution in [3.8, 4) is 58.6 Å². The summed E-state index contributed by atoms with van der Waals surface area (Å²) in [5.74, 6) is 0.736. The summed E-state index contributed by atoms with van der Waals surface area (Å²) in [5.41, 5.74) is 1.09. The molecule has 3 aromatic carbocycles. The number of nitrogens with zero attached hydrogens (tertiary/aromatic N) is 10. The molecule has 0 bridgehead atoms. The van der Waals surface area contributed by atoms with Crippen molar-refractivity contribution in [3.05, 3.63) is 59.7 Å². The van der Waals surface area contributed by atoms with Gasteiger partial charge < -0.3 is 9.47 Å². The minimum atomic E-state index is -0.167. The van der Waals surface area contributed by atoms with Crippen LogP contribution in [0.25, 0.3) is 44.3 Å². The van der Waals surface area contributed by atoms with E-state index in [9.17, 15) is 21.0 Å². The molecule has 0 amide bonds. The first-order valence-corrected chi connectivity index (χ1v) is 10.8. The Kier molecular flexibility index (Phi) is 5.83. The lowest BCUT2D eigenvalue weighted by Gasteiger charge is -2.16. The van der Waals surface area contributed by atoms with Crippen LogP contribution < -0.4 is 9.47 Å². The molecule has 0 saturated carbocycles. The molecular weight excluding hydrogens is 484 g/mol. The Morgan fingerprint density at radius 3 is 1.13 bits per heavy atom. The van der Waals surface area contributed by atoms with Gasteiger partial charge in [0.15, 0.2) is 11.6 Å². The SMILES string of the molecule is COc1c2ccc(-c3nc(C#N)nc(C#N)n3)cc2c(OC)c2ccc(-c3nc(C#N)nc(C#N)n3)cc12. The van der Waals surface area contributed by atoms with Crippen LogP contribution in [0, 0.1) is 45.3 Å². The molecule has 0 unspecified atom stereocenters. The van der Waals surface area contributed by atoms with Gasteiger partial charge in [0.1, 0.15) is 35.8 Å². The third-order valence-electron chi connectivity index (χ3n) is 5.61. The van der Waals surface area contributed by atoms with Crippen LogP contribution in [0.3, 0.4) is 0 Å². The van der Waals surface area contributed by atoms with E-state index in [1.54, 1.807) is 36.4 Å². The van der Waals surface area contributed by atoms with E-state index in [0.29, 0.717) is 44.2 Å². The maximum atomic E-state index is 9.24. The van der Waals surface area contributed by atoms with Crippen LogP contribution >= 0.6 is 0 Å².